The largest absolute Gasteiger partial charge is 0.477 e. The average molecular weight is 240 g/mol. The van der Waals surface area contributed by atoms with Gasteiger partial charge >= 0.3 is 5.97 Å². The zero-order chi connectivity index (χ0) is 11.7. The third-order valence-electron chi connectivity index (χ3n) is 3.12. The maximum atomic E-state index is 10.8. The van der Waals surface area contributed by atoms with Gasteiger partial charge in [-0.1, -0.05) is 0 Å². The van der Waals surface area contributed by atoms with E-state index in [9.17, 15) is 4.79 Å². The highest BCUT2D eigenvalue weighted by Crippen LogP contribution is 2.25. The van der Waals surface area contributed by atoms with E-state index in [1.54, 1.807) is 6.07 Å². The molecule has 2 rings (SSSR count). The van der Waals surface area contributed by atoms with Crippen LogP contribution in [0.2, 0.25) is 0 Å². The summed E-state index contributed by atoms with van der Waals surface area (Å²) in [4.78, 5) is 15.8. The molecule has 16 heavy (non-hydrogen) atoms. The van der Waals surface area contributed by atoms with Crippen molar-refractivity contribution in [3.63, 3.8) is 0 Å². The first-order chi connectivity index (χ1) is 7.58. The number of piperazine rings is 1. The molecule has 1 N–H and O–H groups in total. The summed E-state index contributed by atoms with van der Waals surface area (Å²) in [6.07, 6.45) is 0. The van der Waals surface area contributed by atoms with Crippen LogP contribution in [0.3, 0.4) is 0 Å². The molecule has 2 heterocycles. The van der Waals surface area contributed by atoms with Crippen molar-refractivity contribution >= 4 is 23.0 Å². The molecule has 1 fully saturated rings. The standard InChI is InChI=1S/C11H16N2O2S/c1-8-6-13(4-3-12(8)2)9-5-10(11(14)15)16-7-9/h5,7-8H,3-4,6H2,1-2H3,(H,14,15). The molecule has 4 nitrogen and oxygen atoms in total. The van der Waals surface area contributed by atoms with Crippen LogP contribution in [-0.2, 0) is 0 Å². The molecule has 0 amide bonds. The van der Waals surface area contributed by atoms with E-state index in [4.69, 9.17) is 5.11 Å². The molecule has 0 aliphatic carbocycles. The molecule has 0 bridgehead atoms. The van der Waals surface area contributed by atoms with Gasteiger partial charge in [-0.2, -0.15) is 0 Å². The number of aromatic carboxylic acids is 1. The zero-order valence-corrected chi connectivity index (χ0v) is 10.3. The van der Waals surface area contributed by atoms with Gasteiger partial charge in [-0.15, -0.1) is 11.3 Å². The molecular weight excluding hydrogens is 224 g/mol. The number of carboxylic acid groups (broad SMARTS) is 1. The molecule has 5 heteroatoms. The Morgan fingerprint density at radius 2 is 2.31 bits per heavy atom. The lowest BCUT2D eigenvalue weighted by molar-refractivity contribution is 0.0702. The van der Waals surface area contributed by atoms with E-state index in [1.807, 2.05) is 5.38 Å². The van der Waals surface area contributed by atoms with Crippen LogP contribution < -0.4 is 4.90 Å². The third-order valence-corrected chi connectivity index (χ3v) is 4.03. The Balaban J connectivity index is 2.09. The molecule has 1 aromatic heterocycles. The fourth-order valence-corrected chi connectivity index (χ4v) is 2.64. The lowest BCUT2D eigenvalue weighted by Crippen LogP contribution is -2.50. The van der Waals surface area contributed by atoms with Gasteiger partial charge < -0.3 is 14.9 Å². The minimum atomic E-state index is -0.835. The molecule has 1 saturated heterocycles. The lowest BCUT2D eigenvalue weighted by Gasteiger charge is -2.38. The third kappa shape index (κ3) is 2.20. The van der Waals surface area contributed by atoms with Gasteiger partial charge in [-0.25, -0.2) is 4.79 Å². The van der Waals surface area contributed by atoms with Gasteiger partial charge in [-0.05, 0) is 20.0 Å². The van der Waals surface area contributed by atoms with E-state index in [-0.39, 0.29) is 0 Å². The predicted octanol–water partition coefficient (Wildman–Crippen LogP) is 1.59. The van der Waals surface area contributed by atoms with Crippen molar-refractivity contribution < 1.29 is 9.90 Å². The minimum Gasteiger partial charge on any atom is -0.477 e. The fourth-order valence-electron chi connectivity index (χ4n) is 1.89. The monoisotopic (exact) mass is 240 g/mol. The van der Waals surface area contributed by atoms with Crippen LogP contribution >= 0.6 is 11.3 Å². The first-order valence-corrected chi connectivity index (χ1v) is 6.23. The summed E-state index contributed by atoms with van der Waals surface area (Å²) in [5, 5.41) is 10.8. The number of hydrogen-bond acceptors (Lipinski definition) is 4. The van der Waals surface area contributed by atoms with E-state index in [0.29, 0.717) is 10.9 Å². The van der Waals surface area contributed by atoms with E-state index >= 15 is 0 Å². The fraction of sp³-hybridized carbons (Fsp3) is 0.545. The highest BCUT2D eigenvalue weighted by Gasteiger charge is 2.22. The number of nitrogens with zero attached hydrogens (tertiary/aromatic N) is 2. The number of anilines is 1. The van der Waals surface area contributed by atoms with Crippen LogP contribution in [0.5, 0.6) is 0 Å². The molecule has 1 aliphatic rings. The second kappa shape index (κ2) is 4.43. The van der Waals surface area contributed by atoms with Gasteiger partial charge in [0.25, 0.3) is 0 Å². The van der Waals surface area contributed by atoms with Crippen LogP contribution in [0.15, 0.2) is 11.4 Å². The van der Waals surface area contributed by atoms with Crippen LogP contribution in [0.25, 0.3) is 0 Å². The van der Waals surface area contributed by atoms with Crippen molar-refractivity contribution in [1.82, 2.24) is 4.90 Å². The summed E-state index contributed by atoms with van der Waals surface area (Å²) in [5.41, 5.74) is 1.04. The zero-order valence-electron chi connectivity index (χ0n) is 9.51. The highest BCUT2D eigenvalue weighted by molar-refractivity contribution is 7.12. The van der Waals surface area contributed by atoms with Crippen molar-refractivity contribution in [2.24, 2.45) is 0 Å². The summed E-state index contributed by atoms with van der Waals surface area (Å²) >= 11 is 1.30. The second-order valence-electron chi connectivity index (χ2n) is 4.25. The second-order valence-corrected chi connectivity index (χ2v) is 5.16. The van der Waals surface area contributed by atoms with Crippen LogP contribution in [0.1, 0.15) is 16.6 Å². The molecule has 0 saturated carbocycles. The van der Waals surface area contributed by atoms with E-state index in [2.05, 4.69) is 23.8 Å². The van der Waals surface area contributed by atoms with Gasteiger partial charge in [0.1, 0.15) is 4.88 Å². The first-order valence-electron chi connectivity index (χ1n) is 5.35. The van der Waals surface area contributed by atoms with Gasteiger partial charge in [-0.3, -0.25) is 0 Å². The molecule has 1 aromatic rings. The van der Waals surface area contributed by atoms with Crippen molar-refractivity contribution in [3.8, 4) is 0 Å². The van der Waals surface area contributed by atoms with Crippen molar-refractivity contribution in [2.45, 2.75) is 13.0 Å². The predicted molar refractivity (Wildman–Crippen MR) is 65.6 cm³/mol. The minimum absolute atomic E-state index is 0.418. The maximum absolute atomic E-state index is 10.8. The molecular formula is C11H16N2O2S. The topological polar surface area (TPSA) is 43.8 Å². The Labute approximate surface area is 99.1 Å². The number of carboxylic acids is 1. The number of hydrogen-bond donors (Lipinski definition) is 1. The van der Waals surface area contributed by atoms with Crippen molar-refractivity contribution in [1.29, 1.82) is 0 Å². The summed E-state index contributed by atoms with van der Waals surface area (Å²) in [6, 6.07) is 2.28. The van der Waals surface area contributed by atoms with Gasteiger partial charge in [0.2, 0.25) is 0 Å². The average Bonchev–Trinajstić information content (AvgIpc) is 2.71. The number of likely N-dealkylation sites (N-methyl/N-ethyl adjacent to an activating group) is 1. The maximum Gasteiger partial charge on any atom is 0.345 e. The van der Waals surface area contributed by atoms with Gasteiger partial charge in [0, 0.05) is 36.7 Å². The van der Waals surface area contributed by atoms with E-state index in [0.717, 1.165) is 25.3 Å². The molecule has 0 spiro atoms. The number of rotatable bonds is 2. The summed E-state index contributed by atoms with van der Waals surface area (Å²) in [5.74, 6) is -0.835. The van der Waals surface area contributed by atoms with Crippen molar-refractivity contribution in [2.75, 3.05) is 31.6 Å². The molecule has 0 aromatic carbocycles. The Kier molecular flexibility index (Phi) is 3.16. The molecule has 1 aliphatic heterocycles. The van der Waals surface area contributed by atoms with E-state index < -0.39 is 5.97 Å². The summed E-state index contributed by atoms with van der Waals surface area (Å²) in [7, 11) is 2.12. The normalized spacial score (nSPS) is 22.4. The van der Waals surface area contributed by atoms with Crippen LogP contribution in [0, 0.1) is 0 Å². The Hall–Kier alpha value is -1.07. The molecule has 0 radical (unpaired) electrons. The quantitative estimate of drug-likeness (QED) is 0.852. The molecule has 88 valence electrons. The molecule has 1 unspecified atom stereocenters. The number of carbonyl (C=O) groups is 1. The summed E-state index contributed by atoms with van der Waals surface area (Å²) < 4.78 is 0. The van der Waals surface area contributed by atoms with Crippen LogP contribution in [0.4, 0.5) is 5.69 Å². The van der Waals surface area contributed by atoms with Gasteiger partial charge in [0.15, 0.2) is 0 Å². The SMILES string of the molecule is CC1CN(c2csc(C(=O)O)c2)CCN1C. The van der Waals surface area contributed by atoms with Gasteiger partial charge in [0.05, 0.1) is 0 Å². The first kappa shape index (κ1) is 11.4. The van der Waals surface area contributed by atoms with Crippen molar-refractivity contribution in [3.05, 3.63) is 16.3 Å². The highest BCUT2D eigenvalue weighted by atomic mass is 32.1. The number of thiophene rings is 1. The Bertz CT molecular complexity index is 391. The Morgan fingerprint density at radius 1 is 1.56 bits per heavy atom. The summed E-state index contributed by atoms with van der Waals surface area (Å²) in [6.45, 7) is 5.15. The molecule has 1 atom stereocenters. The van der Waals surface area contributed by atoms with E-state index in [1.165, 1.54) is 11.3 Å². The lowest BCUT2D eigenvalue weighted by atomic mass is 10.2. The van der Waals surface area contributed by atoms with Crippen LogP contribution in [-0.4, -0.2) is 48.7 Å². The Morgan fingerprint density at radius 3 is 2.88 bits per heavy atom. The smallest absolute Gasteiger partial charge is 0.345 e.